The van der Waals surface area contributed by atoms with Gasteiger partial charge in [0.25, 0.3) is 5.91 Å². The molecule has 1 amide bonds. The van der Waals surface area contributed by atoms with Crippen molar-refractivity contribution >= 4 is 22.8 Å². The number of nitrogens with zero attached hydrogens (tertiary/aromatic N) is 1. The maximum atomic E-state index is 15.1. The summed E-state index contributed by atoms with van der Waals surface area (Å²) in [5, 5.41) is 6.00. The molecule has 3 unspecified atom stereocenters. The summed E-state index contributed by atoms with van der Waals surface area (Å²) in [7, 11) is 1.67. The number of halogens is 3. The molecule has 32 heavy (non-hydrogen) atoms. The van der Waals surface area contributed by atoms with Gasteiger partial charge in [-0.3, -0.25) is 4.79 Å². The number of hydrogen-bond acceptors (Lipinski definition) is 5. The standard InChI is InChI=1S/C23H24F3N3O2S/c1-27-11-15-7-18(20(26)9-19(15)25)23-13-31-17(10-24)8-16(23)12-32-22(29-23)28-21(30)14-5-3-2-4-6-14/h2-7,9,16-17,27H,8,10-13H2,1H3,(H,28,29,30). The van der Waals surface area contributed by atoms with Crippen LogP contribution in [0.5, 0.6) is 0 Å². The minimum Gasteiger partial charge on any atom is -0.373 e. The number of amidine groups is 1. The van der Waals surface area contributed by atoms with Gasteiger partial charge in [-0.1, -0.05) is 30.0 Å². The first-order chi connectivity index (χ1) is 15.5. The van der Waals surface area contributed by atoms with Gasteiger partial charge in [0.2, 0.25) is 0 Å². The molecule has 2 heterocycles. The molecule has 0 radical (unpaired) electrons. The Morgan fingerprint density at radius 3 is 2.75 bits per heavy atom. The summed E-state index contributed by atoms with van der Waals surface area (Å²) < 4.78 is 48.4. The second kappa shape index (κ2) is 9.64. The lowest BCUT2D eigenvalue weighted by Gasteiger charge is -2.46. The molecule has 4 rings (SSSR count). The highest BCUT2D eigenvalue weighted by molar-refractivity contribution is 8.13. The van der Waals surface area contributed by atoms with Gasteiger partial charge in [-0.25, -0.2) is 18.2 Å². The summed E-state index contributed by atoms with van der Waals surface area (Å²) in [4.78, 5) is 17.4. The smallest absolute Gasteiger partial charge is 0.257 e. The molecular formula is C23H24F3N3O2S. The molecule has 1 saturated heterocycles. The van der Waals surface area contributed by atoms with Gasteiger partial charge in [-0.05, 0) is 31.7 Å². The number of benzene rings is 2. The minimum atomic E-state index is -1.18. The van der Waals surface area contributed by atoms with Gasteiger partial charge < -0.3 is 15.4 Å². The molecule has 5 nitrogen and oxygen atoms in total. The van der Waals surface area contributed by atoms with Crippen molar-refractivity contribution in [2.75, 3.05) is 26.1 Å². The molecule has 0 aliphatic carbocycles. The van der Waals surface area contributed by atoms with Crippen LogP contribution in [0.2, 0.25) is 0 Å². The maximum Gasteiger partial charge on any atom is 0.257 e. The summed E-state index contributed by atoms with van der Waals surface area (Å²) in [5.41, 5.74) is -0.226. The third-order valence-electron chi connectivity index (χ3n) is 5.88. The number of hydrogen-bond donors (Lipinski definition) is 2. The average molecular weight is 464 g/mol. The zero-order valence-electron chi connectivity index (χ0n) is 17.5. The van der Waals surface area contributed by atoms with E-state index in [1.807, 2.05) is 6.07 Å². The lowest BCUT2D eigenvalue weighted by Crippen LogP contribution is -2.51. The molecule has 0 bridgehead atoms. The number of fused-ring (bicyclic) bond motifs is 1. The van der Waals surface area contributed by atoms with Crippen molar-refractivity contribution in [3.63, 3.8) is 0 Å². The first-order valence-electron chi connectivity index (χ1n) is 10.4. The van der Waals surface area contributed by atoms with Crippen molar-refractivity contribution in [2.24, 2.45) is 10.9 Å². The van der Waals surface area contributed by atoms with Crippen LogP contribution in [0.15, 0.2) is 47.5 Å². The van der Waals surface area contributed by atoms with Crippen LogP contribution in [0.1, 0.15) is 27.9 Å². The van der Waals surface area contributed by atoms with E-state index in [9.17, 15) is 13.6 Å². The Kier molecular flexibility index (Phi) is 6.88. The molecule has 2 N–H and O–H groups in total. The van der Waals surface area contributed by atoms with Crippen LogP contribution in [0.3, 0.4) is 0 Å². The van der Waals surface area contributed by atoms with E-state index >= 15 is 4.39 Å². The first kappa shape index (κ1) is 22.8. The molecule has 1 fully saturated rings. The van der Waals surface area contributed by atoms with E-state index in [-0.39, 0.29) is 30.5 Å². The Balaban J connectivity index is 1.74. The molecule has 0 saturated carbocycles. The number of carbonyl (C=O) groups excluding carboxylic acids is 1. The average Bonchev–Trinajstić information content (AvgIpc) is 2.81. The SMILES string of the molecule is CNCc1cc(C23COC(CF)CC2CSC(NC(=O)c2ccccc2)=N3)c(F)cc1F. The zero-order chi connectivity index (χ0) is 22.7. The van der Waals surface area contributed by atoms with Crippen LogP contribution >= 0.6 is 11.8 Å². The number of thioether (sulfide) groups is 1. The van der Waals surface area contributed by atoms with Crippen molar-refractivity contribution in [3.05, 3.63) is 70.8 Å². The number of carbonyl (C=O) groups is 1. The van der Waals surface area contributed by atoms with Gasteiger partial charge in [0.05, 0.1) is 12.7 Å². The van der Waals surface area contributed by atoms with E-state index in [1.54, 1.807) is 31.3 Å². The highest BCUT2D eigenvalue weighted by Crippen LogP contribution is 2.47. The largest absolute Gasteiger partial charge is 0.373 e. The van der Waals surface area contributed by atoms with Crippen LogP contribution in [0.25, 0.3) is 0 Å². The molecule has 0 aromatic heterocycles. The zero-order valence-corrected chi connectivity index (χ0v) is 18.4. The Morgan fingerprint density at radius 1 is 1.25 bits per heavy atom. The quantitative estimate of drug-likeness (QED) is 0.709. The van der Waals surface area contributed by atoms with Crippen LogP contribution < -0.4 is 10.6 Å². The van der Waals surface area contributed by atoms with E-state index in [1.165, 1.54) is 17.8 Å². The molecule has 0 spiro atoms. The van der Waals surface area contributed by atoms with E-state index in [2.05, 4.69) is 10.6 Å². The fourth-order valence-corrected chi connectivity index (χ4v) is 5.37. The molecule has 2 aromatic carbocycles. The maximum absolute atomic E-state index is 15.1. The van der Waals surface area contributed by atoms with Crippen LogP contribution in [0, 0.1) is 17.6 Å². The van der Waals surface area contributed by atoms with E-state index in [0.29, 0.717) is 28.5 Å². The predicted molar refractivity (Wildman–Crippen MR) is 118 cm³/mol. The van der Waals surface area contributed by atoms with Crippen LogP contribution in [-0.4, -0.2) is 43.3 Å². The van der Waals surface area contributed by atoms with Gasteiger partial charge in [0.1, 0.15) is 23.8 Å². The first-order valence-corrected chi connectivity index (χ1v) is 11.3. The summed E-state index contributed by atoms with van der Waals surface area (Å²) in [6.07, 6.45) is -0.241. The second-order valence-electron chi connectivity index (χ2n) is 7.95. The number of rotatable bonds is 5. The van der Waals surface area contributed by atoms with E-state index in [0.717, 1.165) is 6.07 Å². The molecule has 2 aliphatic rings. The summed E-state index contributed by atoms with van der Waals surface area (Å²) in [5.74, 6) is -1.47. The Hall–Kier alpha value is -2.36. The normalized spacial score (nSPS) is 25.1. The number of amides is 1. The molecular weight excluding hydrogens is 439 g/mol. The van der Waals surface area contributed by atoms with Crippen LogP contribution in [-0.2, 0) is 16.8 Å². The molecule has 9 heteroatoms. The molecule has 170 valence electrons. The number of nitrogens with one attached hydrogen (secondary N) is 2. The minimum absolute atomic E-state index is 0.0565. The summed E-state index contributed by atoms with van der Waals surface area (Å²) >= 11 is 1.33. The number of aliphatic imine (C=N–C) groups is 1. The molecule has 3 atom stereocenters. The van der Waals surface area contributed by atoms with Crippen molar-refractivity contribution in [1.29, 1.82) is 0 Å². The lowest BCUT2D eigenvalue weighted by atomic mass is 9.74. The van der Waals surface area contributed by atoms with Crippen molar-refractivity contribution in [3.8, 4) is 0 Å². The van der Waals surface area contributed by atoms with Gasteiger partial charge in [-0.2, -0.15) is 0 Å². The second-order valence-corrected chi connectivity index (χ2v) is 8.95. The Labute approximate surface area is 188 Å². The van der Waals surface area contributed by atoms with Crippen molar-refractivity contribution in [1.82, 2.24) is 10.6 Å². The topological polar surface area (TPSA) is 62.7 Å². The third-order valence-corrected chi connectivity index (χ3v) is 6.92. The van der Waals surface area contributed by atoms with Gasteiger partial charge in [0.15, 0.2) is 5.17 Å². The fourth-order valence-electron chi connectivity index (χ4n) is 4.21. The van der Waals surface area contributed by atoms with Gasteiger partial charge in [0, 0.05) is 41.0 Å². The van der Waals surface area contributed by atoms with E-state index in [4.69, 9.17) is 9.73 Å². The third kappa shape index (κ3) is 4.42. The Morgan fingerprint density at radius 2 is 2.03 bits per heavy atom. The lowest BCUT2D eigenvalue weighted by molar-refractivity contribution is -0.0653. The monoisotopic (exact) mass is 463 g/mol. The Bertz CT molecular complexity index is 1020. The van der Waals surface area contributed by atoms with E-state index < -0.39 is 30.0 Å². The number of alkyl halides is 1. The molecule has 2 aromatic rings. The molecule has 2 aliphatic heterocycles. The van der Waals surface area contributed by atoms with Crippen molar-refractivity contribution in [2.45, 2.75) is 24.6 Å². The number of ether oxygens (including phenoxy) is 1. The van der Waals surface area contributed by atoms with Gasteiger partial charge in [-0.15, -0.1) is 0 Å². The highest BCUT2D eigenvalue weighted by atomic mass is 32.2. The summed E-state index contributed by atoms with van der Waals surface area (Å²) in [6.45, 7) is -0.488. The predicted octanol–water partition coefficient (Wildman–Crippen LogP) is 3.79. The fraction of sp³-hybridized carbons (Fsp3) is 0.391. The van der Waals surface area contributed by atoms with Crippen molar-refractivity contribution < 1.29 is 22.7 Å². The highest BCUT2D eigenvalue weighted by Gasteiger charge is 2.50. The van der Waals surface area contributed by atoms with Gasteiger partial charge >= 0.3 is 0 Å². The summed E-state index contributed by atoms with van der Waals surface area (Å²) in [6, 6.07) is 11.0. The van der Waals surface area contributed by atoms with Crippen LogP contribution in [0.4, 0.5) is 13.2 Å².